The number of alkyl halides is 1. The van der Waals surface area contributed by atoms with E-state index in [2.05, 4.69) is 36.2 Å². The maximum Gasteiger partial charge on any atom is 0.0908 e. The average molecular weight is 304 g/mol. The Balaban J connectivity index is 2.02. The van der Waals surface area contributed by atoms with Crippen molar-refractivity contribution in [1.29, 1.82) is 0 Å². The third-order valence-corrected chi connectivity index (χ3v) is 3.01. The summed E-state index contributed by atoms with van der Waals surface area (Å²) in [6.07, 6.45) is 6.17. The minimum Gasteiger partial charge on any atom is -0.253 e. The van der Waals surface area contributed by atoms with Gasteiger partial charge in [0.2, 0.25) is 0 Å². The topological polar surface area (TPSA) is 56.5 Å². The Morgan fingerprint density at radius 1 is 1.11 bits per heavy atom. The van der Waals surface area contributed by atoms with Crippen molar-refractivity contribution in [3.05, 3.63) is 42.5 Å². The summed E-state index contributed by atoms with van der Waals surface area (Å²) in [5.41, 5.74) is 3.64. The van der Waals surface area contributed by atoms with E-state index in [0.717, 1.165) is 34.2 Å². The van der Waals surface area contributed by atoms with Crippen molar-refractivity contribution in [2.45, 2.75) is 6.42 Å². The summed E-state index contributed by atoms with van der Waals surface area (Å²) < 4.78 is 1.76. The number of nitrogens with zero attached hydrogens (tertiary/aromatic N) is 5. The largest absolute Gasteiger partial charge is 0.253 e. The van der Waals surface area contributed by atoms with E-state index in [1.807, 2.05) is 24.4 Å². The first kappa shape index (κ1) is 11.3. The van der Waals surface area contributed by atoms with E-state index in [0.29, 0.717) is 0 Å². The van der Waals surface area contributed by atoms with Gasteiger partial charge in [-0.3, -0.25) is 9.97 Å². The van der Waals surface area contributed by atoms with Gasteiger partial charge < -0.3 is 0 Å². The molecule has 90 valence electrons. The minimum absolute atomic E-state index is 0.854. The van der Waals surface area contributed by atoms with Crippen molar-refractivity contribution in [3.63, 3.8) is 0 Å². The van der Waals surface area contributed by atoms with Crippen LogP contribution in [0.4, 0.5) is 0 Å². The van der Waals surface area contributed by atoms with Crippen LogP contribution < -0.4 is 0 Å². The zero-order valence-electron chi connectivity index (χ0n) is 9.49. The molecule has 0 amide bonds. The smallest absolute Gasteiger partial charge is 0.0908 e. The lowest BCUT2D eigenvalue weighted by molar-refractivity contribution is 0.799. The van der Waals surface area contributed by atoms with Gasteiger partial charge >= 0.3 is 0 Å². The second-order valence-electron chi connectivity index (χ2n) is 3.82. The third kappa shape index (κ3) is 2.11. The van der Waals surface area contributed by atoms with Crippen LogP contribution in [0, 0.1) is 0 Å². The highest BCUT2D eigenvalue weighted by molar-refractivity contribution is 9.09. The molecular formula is C12H10BrN5. The molecule has 0 aliphatic rings. The minimum atomic E-state index is 0.854. The maximum atomic E-state index is 4.28. The lowest BCUT2D eigenvalue weighted by Crippen LogP contribution is -1.95. The summed E-state index contributed by atoms with van der Waals surface area (Å²) in [6, 6.07) is 5.85. The molecule has 5 nitrogen and oxygen atoms in total. The second kappa shape index (κ2) is 4.81. The number of benzene rings is 1. The normalized spacial score (nSPS) is 10.9. The number of aromatic nitrogens is 5. The summed E-state index contributed by atoms with van der Waals surface area (Å²) in [4.78, 5) is 8.52. The molecule has 2 heterocycles. The van der Waals surface area contributed by atoms with Gasteiger partial charge in [0, 0.05) is 24.1 Å². The lowest BCUT2D eigenvalue weighted by Gasteiger charge is -2.01. The fraction of sp³-hybridized carbons (Fsp3) is 0.167. The van der Waals surface area contributed by atoms with Crippen LogP contribution in [0.3, 0.4) is 0 Å². The van der Waals surface area contributed by atoms with E-state index >= 15 is 0 Å². The molecule has 0 atom stereocenters. The molecule has 0 saturated heterocycles. The predicted molar refractivity (Wildman–Crippen MR) is 72.0 cm³/mol. The van der Waals surface area contributed by atoms with E-state index in [9.17, 15) is 0 Å². The number of hydrogen-bond donors (Lipinski definition) is 0. The van der Waals surface area contributed by atoms with Crippen LogP contribution in [-0.4, -0.2) is 30.3 Å². The van der Waals surface area contributed by atoms with Gasteiger partial charge in [0.15, 0.2) is 0 Å². The van der Waals surface area contributed by atoms with Crippen molar-refractivity contribution in [2.24, 2.45) is 0 Å². The zero-order chi connectivity index (χ0) is 12.4. The van der Waals surface area contributed by atoms with Crippen LogP contribution in [0.2, 0.25) is 0 Å². The molecule has 0 spiro atoms. The number of halogens is 1. The number of hydrogen-bond acceptors (Lipinski definition) is 4. The molecule has 3 aromatic rings. The highest BCUT2D eigenvalue weighted by atomic mass is 79.9. The van der Waals surface area contributed by atoms with Crippen LogP contribution in [0.25, 0.3) is 16.7 Å². The fourth-order valence-corrected chi connectivity index (χ4v) is 2.14. The highest BCUT2D eigenvalue weighted by Crippen LogP contribution is 2.14. The van der Waals surface area contributed by atoms with Gasteiger partial charge in [0.05, 0.1) is 28.6 Å². The number of rotatable bonds is 3. The Labute approximate surface area is 112 Å². The van der Waals surface area contributed by atoms with Gasteiger partial charge in [0.25, 0.3) is 0 Å². The van der Waals surface area contributed by atoms with Gasteiger partial charge in [-0.15, -0.1) is 5.10 Å². The molecule has 18 heavy (non-hydrogen) atoms. The van der Waals surface area contributed by atoms with Crippen molar-refractivity contribution < 1.29 is 0 Å². The third-order valence-electron chi connectivity index (χ3n) is 2.61. The summed E-state index contributed by atoms with van der Waals surface area (Å²) in [5, 5.41) is 9.10. The first-order chi connectivity index (χ1) is 8.86. The van der Waals surface area contributed by atoms with Gasteiger partial charge in [-0.2, -0.15) is 0 Å². The Morgan fingerprint density at radius 3 is 2.78 bits per heavy atom. The Kier molecular flexibility index (Phi) is 3.02. The molecular weight excluding hydrogens is 294 g/mol. The Bertz CT molecular complexity index is 679. The molecule has 0 unspecified atom stereocenters. The van der Waals surface area contributed by atoms with Gasteiger partial charge in [-0.25, -0.2) is 4.68 Å². The maximum absolute atomic E-state index is 4.28. The molecule has 1 aromatic carbocycles. The molecule has 0 aliphatic carbocycles. The first-order valence-corrected chi connectivity index (χ1v) is 6.67. The predicted octanol–water partition coefficient (Wildman–Crippen LogP) is 2.15. The molecule has 3 rings (SSSR count). The summed E-state index contributed by atoms with van der Waals surface area (Å²) in [5.74, 6) is 0. The lowest BCUT2D eigenvalue weighted by atomic mass is 10.2. The molecule has 0 N–H and O–H groups in total. The zero-order valence-corrected chi connectivity index (χ0v) is 11.1. The summed E-state index contributed by atoms with van der Waals surface area (Å²) >= 11 is 3.39. The molecule has 0 radical (unpaired) electrons. The van der Waals surface area contributed by atoms with Gasteiger partial charge in [0.1, 0.15) is 0 Å². The van der Waals surface area contributed by atoms with E-state index in [-0.39, 0.29) is 0 Å². The van der Waals surface area contributed by atoms with E-state index in [1.54, 1.807) is 17.1 Å². The van der Waals surface area contributed by atoms with Gasteiger partial charge in [-0.05, 0) is 18.2 Å². The van der Waals surface area contributed by atoms with Gasteiger partial charge in [-0.1, -0.05) is 21.1 Å². The molecule has 0 bridgehead atoms. The van der Waals surface area contributed by atoms with Crippen LogP contribution in [-0.2, 0) is 6.42 Å². The first-order valence-electron chi connectivity index (χ1n) is 5.55. The quantitative estimate of drug-likeness (QED) is 0.696. The van der Waals surface area contributed by atoms with Crippen molar-refractivity contribution in [1.82, 2.24) is 25.0 Å². The molecule has 2 aromatic heterocycles. The molecule has 0 saturated carbocycles. The SMILES string of the molecule is BrCCc1cn(-c2ccc3nccnc3c2)nn1. The Morgan fingerprint density at radius 2 is 1.94 bits per heavy atom. The van der Waals surface area contributed by atoms with Crippen molar-refractivity contribution in [3.8, 4) is 5.69 Å². The standard InChI is InChI=1S/C12H10BrN5/c13-4-3-9-8-18(17-16-9)10-1-2-11-12(7-10)15-6-5-14-11/h1-2,5-8H,3-4H2. The van der Waals surface area contributed by atoms with Crippen LogP contribution in [0.5, 0.6) is 0 Å². The van der Waals surface area contributed by atoms with E-state index < -0.39 is 0 Å². The van der Waals surface area contributed by atoms with E-state index in [4.69, 9.17) is 0 Å². The van der Waals surface area contributed by atoms with E-state index in [1.165, 1.54) is 0 Å². The van der Waals surface area contributed by atoms with Crippen molar-refractivity contribution in [2.75, 3.05) is 5.33 Å². The van der Waals surface area contributed by atoms with Crippen LogP contribution in [0.15, 0.2) is 36.8 Å². The Hall–Kier alpha value is -1.82. The monoisotopic (exact) mass is 303 g/mol. The number of aryl methyl sites for hydroxylation is 1. The highest BCUT2D eigenvalue weighted by Gasteiger charge is 2.04. The van der Waals surface area contributed by atoms with Crippen LogP contribution in [0.1, 0.15) is 5.69 Å². The summed E-state index contributed by atoms with van der Waals surface area (Å²) in [7, 11) is 0. The average Bonchev–Trinajstić information content (AvgIpc) is 2.87. The molecule has 0 aliphatic heterocycles. The second-order valence-corrected chi connectivity index (χ2v) is 4.62. The number of fused-ring (bicyclic) bond motifs is 1. The summed E-state index contributed by atoms with van der Waals surface area (Å²) in [6.45, 7) is 0. The van der Waals surface area contributed by atoms with Crippen molar-refractivity contribution >= 4 is 27.0 Å². The van der Waals surface area contributed by atoms with Crippen LogP contribution >= 0.6 is 15.9 Å². The molecule has 6 heteroatoms. The molecule has 0 fully saturated rings. The fourth-order valence-electron chi connectivity index (χ4n) is 1.73.